The summed E-state index contributed by atoms with van der Waals surface area (Å²) in [5.41, 5.74) is 4.93. The Balaban J connectivity index is 3.07. The third-order valence-electron chi connectivity index (χ3n) is 2.06. The molecule has 0 unspecified atom stereocenters. The minimum atomic E-state index is -4.34. The number of rotatable bonds is 2. The van der Waals surface area contributed by atoms with E-state index in [0.29, 0.717) is 0 Å². The van der Waals surface area contributed by atoms with E-state index < -0.39 is 32.3 Å². The number of carbonyl (C=O) groups excluding carboxylic acids is 1. The number of halogens is 2. The van der Waals surface area contributed by atoms with Gasteiger partial charge in [0, 0.05) is 15.7 Å². The van der Waals surface area contributed by atoms with Gasteiger partial charge < -0.3 is 11.1 Å². The molecule has 6 nitrogen and oxygen atoms in total. The zero-order chi connectivity index (χ0) is 15.7. The topological polar surface area (TPSA) is 101 Å². The molecule has 9 heteroatoms. The first-order valence-electron chi connectivity index (χ1n) is 5.52. The molecule has 1 aromatic carbocycles. The lowest BCUT2D eigenvalue weighted by Gasteiger charge is -2.20. The van der Waals surface area contributed by atoms with Gasteiger partial charge in [0.1, 0.15) is 10.7 Å². The van der Waals surface area contributed by atoms with Gasteiger partial charge in [0.15, 0.2) is 0 Å². The van der Waals surface area contributed by atoms with Crippen LogP contribution in [0.25, 0.3) is 0 Å². The highest BCUT2D eigenvalue weighted by atomic mass is 79.9. The van der Waals surface area contributed by atoms with E-state index in [0.717, 1.165) is 12.1 Å². The van der Waals surface area contributed by atoms with Crippen molar-refractivity contribution in [1.29, 1.82) is 0 Å². The first kappa shape index (κ1) is 16.7. The van der Waals surface area contributed by atoms with Crippen LogP contribution in [0.3, 0.4) is 0 Å². The maximum absolute atomic E-state index is 13.7. The van der Waals surface area contributed by atoms with E-state index in [9.17, 15) is 17.6 Å². The standard InChI is InChI=1S/C11H15BrFN3O3S/c1-11(2,3)15-10(17)16-20(18,19)9-5-8(14)6(12)4-7(9)13/h4-5H,14H2,1-3H3,(H2,15,16,17). The van der Waals surface area contributed by atoms with Crippen molar-refractivity contribution in [3.05, 3.63) is 22.4 Å². The van der Waals surface area contributed by atoms with Crippen molar-refractivity contribution in [2.45, 2.75) is 31.2 Å². The van der Waals surface area contributed by atoms with Crippen LogP contribution in [-0.2, 0) is 10.0 Å². The van der Waals surface area contributed by atoms with Crippen LogP contribution in [0.1, 0.15) is 20.8 Å². The summed E-state index contributed by atoms with van der Waals surface area (Å²) < 4.78 is 39.5. The predicted octanol–water partition coefficient (Wildman–Crippen LogP) is 1.96. The van der Waals surface area contributed by atoms with Crippen molar-refractivity contribution in [3.8, 4) is 0 Å². The summed E-state index contributed by atoms with van der Waals surface area (Å²) in [4.78, 5) is 10.9. The highest BCUT2D eigenvalue weighted by Crippen LogP contribution is 2.25. The van der Waals surface area contributed by atoms with E-state index in [1.165, 1.54) is 0 Å². The number of hydrogen-bond donors (Lipinski definition) is 3. The van der Waals surface area contributed by atoms with Crippen molar-refractivity contribution < 1.29 is 17.6 Å². The first-order chi connectivity index (χ1) is 8.92. The minimum absolute atomic E-state index is 0.0444. The average molecular weight is 368 g/mol. The molecular weight excluding hydrogens is 353 g/mol. The largest absolute Gasteiger partial charge is 0.398 e. The number of hydrogen-bond acceptors (Lipinski definition) is 4. The fourth-order valence-electron chi connectivity index (χ4n) is 1.29. The first-order valence-corrected chi connectivity index (χ1v) is 7.79. The third kappa shape index (κ3) is 4.34. The van der Waals surface area contributed by atoms with Crippen molar-refractivity contribution >= 4 is 37.7 Å². The maximum Gasteiger partial charge on any atom is 0.329 e. The number of urea groups is 1. The molecule has 0 bridgehead atoms. The molecule has 0 aliphatic carbocycles. The Morgan fingerprint density at radius 3 is 2.40 bits per heavy atom. The van der Waals surface area contributed by atoms with Crippen LogP contribution in [0.2, 0.25) is 0 Å². The zero-order valence-electron chi connectivity index (χ0n) is 11.1. The van der Waals surface area contributed by atoms with Gasteiger partial charge >= 0.3 is 6.03 Å². The summed E-state index contributed by atoms with van der Waals surface area (Å²) in [6, 6.07) is 0.913. The van der Waals surface area contributed by atoms with Gasteiger partial charge in [-0.15, -0.1) is 0 Å². The highest BCUT2D eigenvalue weighted by molar-refractivity contribution is 9.10. The third-order valence-corrected chi connectivity index (χ3v) is 4.09. The number of benzene rings is 1. The molecule has 0 atom stereocenters. The quantitative estimate of drug-likeness (QED) is 0.695. The van der Waals surface area contributed by atoms with Crippen molar-refractivity contribution in [3.63, 3.8) is 0 Å². The summed E-state index contributed by atoms with van der Waals surface area (Å²) in [6.07, 6.45) is 0. The smallest absolute Gasteiger partial charge is 0.329 e. The lowest BCUT2D eigenvalue weighted by molar-refractivity contribution is 0.237. The summed E-state index contributed by atoms with van der Waals surface area (Å²) >= 11 is 2.98. The van der Waals surface area contributed by atoms with E-state index in [1.54, 1.807) is 25.5 Å². The number of nitrogen functional groups attached to an aromatic ring is 1. The predicted molar refractivity (Wildman–Crippen MR) is 77.1 cm³/mol. The molecule has 0 heterocycles. The highest BCUT2D eigenvalue weighted by Gasteiger charge is 2.24. The van der Waals surface area contributed by atoms with E-state index in [2.05, 4.69) is 21.2 Å². The van der Waals surface area contributed by atoms with Crippen molar-refractivity contribution in [2.75, 3.05) is 5.73 Å². The van der Waals surface area contributed by atoms with Crippen LogP contribution >= 0.6 is 15.9 Å². The van der Waals surface area contributed by atoms with Gasteiger partial charge in [-0.25, -0.2) is 22.3 Å². The monoisotopic (exact) mass is 367 g/mol. The lowest BCUT2D eigenvalue weighted by Crippen LogP contribution is -2.48. The summed E-state index contributed by atoms with van der Waals surface area (Å²) in [5, 5.41) is 2.40. The van der Waals surface area contributed by atoms with Crippen LogP contribution in [0.4, 0.5) is 14.9 Å². The van der Waals surface area contributed by atoms with Crippen LogP contribution < -0.4 is 15.8 Å². The van der Waals surface area contributed by atoms with Gasteiger partial charge in [0.05, 0.1) is 0 Å². The number of sulfonamides is 1. The fraction of sp³-hybridized carbons (Fsp3) is 0.364. The Morgan fingerprint density at radius 2 is 1.90 bits per heavy atom. The number of nitrogens with one attached hydrogen (secondary N) is 2. The van der Waals surface area contributed by atoms with Gasteiger partial charge in [-0.05, 0) is 48.8 Å². The summed E-state index contributed by atoms with van der Waals surface area (Å²) in [5.74, 6) is -1.01. The molecule has 0 aromatic heterocycles. The van der Waals surface area contributed by atoms with Gasteiger partial charge in [0.2, 0.25) is 0 Å². The molecule has 1 aromatic rings. The molecule has 1 rings (SSSR count). The minimum Gasteiger partial charge on any atom is -0.398 e. The molecule has 0 saturated carbocycles. The second-order valence-corrected chi connectivity index (χ2v) is 7.62. The molecule has 0 radical (unpaired) electrons. The van der Waals surface area contributed by atoms with Gasteiger partial charge in [0.25, 0.3) is 10.0 Å². The Bertz CT molecular complexity index is 641. The van der Waals surface area contributed by atoms with Crippen LogP contribution in [-0.4, -0.2) is 20.0 Å². The molecule has 0 spiro atoms. The van der Waals surface area contributed by atoms with E-state index in [1.807, 2.05) is 0 Å². The molecule has 112 valence electrons. The average Bonchev–Trinajstić information content (AvgIpc) is 2.19. The van der Waals surface area contributed by atoms with Crippen molar-refractivity contribution in [2.24, 2.45) is 0 Å². The Hall–Kier alpha value is -1.35. The fourth-order valence-corrected chi connectivity index (χ4v) is 2.61. The zero-order valence-corrected chi connectivity index (χ0v) is 13.5. The molecule has 0 aliphatic rings. The molecule has 0 aliphatic heterocycles. The SMILES string of the molecule is CC(C)(C)NC(=O)NS(=O)(=O)c1cc(N)c(Br)cc1F. The number of amides is 2. The van der Waals surface area contributed by atoms with E-state index >= 15 is 0 Å². The van der Waals surface area contributed by atoms with Crippen LogP contribution in [0.5, 0.6) is 0 Å². The van der Waals surface area contributed by atoms with Gasteiger partial charge in [-0.1, -0.05) is 0 Å². The van der Waals surface area contributed by atoms with Crippen LogP contribution in [0, 0.1) is 5.82 Å². The van der Waals surface area contributed by atoms with Gasteiger partial charge in [-0.2, -0.15) is 0 Å². The molecule has 4 N–H and O–H groups in total. The van der Waals surface area contributed by atoms with Crippen LogP contribution in [0.15, 0.2) is 21.5 Å². The van der Waals surface area contributed by atoms with Crippen molar-refractivity contribution in [1.82, 2.24) is 10.0 Å². The molecular formula is C11H15BrFN3O3S. The summed E-state index contributed by atoms with van der Waals surface area (Å²) in [6.45, 7) is 5.03. The van der Waals surface area contributed by atoms with Gasteiger partial charge in [-0.3, -0.25) is 0 Å². The Morgan fingerprint density at radius 1 is 1.35 bits per heavy atom. The number of anilines is 1. The maximum atomic E-state index is 13.7. The lowest BCUT2D eigenvalue weighted by atomic mass is 10.1. The second kappa shape index (κ2) is 5.57. The normalized spacial score (nSPS) is 12.1. The Labute approximate surface area is 125 Å². The number of carbonyl (C=O) groups is 1. The molecule has 20 heavy (non-hydrogen) atoms. The van der Waals surface area contributed by atoms with E-state index in [4.69, 9.17) is 5.73 Å². The molecule has 0 saturated heterocycles. The molecule has 2 amide bonds. The Kier molecular flexibility index (Phi) is 4.65. The number of nitrogens with two attached hydrogens (primary N) is 1. The summed E-state index contributed by atoms with van der Waals surface area (Å²) in [7, 11) is -4.34. The molecule has 0 fully saturated rings. The van der Waals surface area contributed by atoms with E-state index in [-0.39, 0.29) is 10.2 Å². The second-order valence-electron chi connectivity index (χ2n) is 5.11.